The van der Waals surface area contributed by atoms with Crippen molar-refractivity contribution >= 4 is 5.69 Å². The highest BCUT2D eigenvalue weighted by Gasteiger charge is 2.31. The molecule has 0 aromatic heterocycles. The Labute approximate surface area is 166 Å². The minimum Gasteiger partial charge on any atom is -0.497 e. The quantitative estimate of drug-likeness (QED) is 0.539. The van der Waals surface area contributed by atoms with Crippen LogP contribution in [-0.4, -0.2) is 13.7 Å². The molecule has 3 aromatic carbocycles. The second kappa shape index (κ2) is 7.31. The summed E-state index contributed by atoms with van der Waals surface area (Å²) >= 11 is 0. The predicted molar refractivity (Wildman–Crippen MR) is 114 cm³/mol. The summed E-state index contributed by atoms with van der Waals surface area (Å²) in [6, 6.07) is 21.6. The largest absolute Gasteiger partial charge is 0.497 e. The summed E-state index contributed by atoms with van der Waals surface area (Å²) in [6.45, 7) is 6.48. The minimum atomic E-state index is -0.199. The van der Waals surface area contributed by atoms with Gasteiger partial charge in [-0.1, -0.05) is 44.2 Å². The van der Waals surface area contributed by atoms with Gasteiger partial charge in [-0.05, 0) is 70.5 Å². The van der Waals surface area contributed by atoms with E-state index in [9.17, 15) is 4.39 Å². The molecule has 1 aliphatic rings. The lowest BCUT2D eigenvalue weighted by Crippen LogP contribution is -2.36. The van der Waals surface area contributed by atoms with Crippen molar-refractivity contribution in [2.75, 3.05) is 18.6 Å². The highest BCUT2D eigenvalue weighted by molar-refractivity contribution is 5.71. The van der Waals surface area contributed by atoms with Gasteiger partial charge in [0.2, 0.25) is 0 Å². The summed E-state index contributed by atoms with van der Waals surface area (Å²) in [5.74, 6) is 0.680. The molecule has 144 valence electrons. The van der Waals surface area contributed by atoms with Crippen molar-refractivity contribution in [3.05, 3.63) is 83.7 Å². The zero-order chi connectivity index (χ0) is 19.7. The Morgan fingerprint density at radius 1 is 0.964 bits per heavy atom. The minimum absolute atomic E-state index is 0.0923. The van der Waals surface area contributed by atoms with Gasteiger partial charge >= 0.3 is 0 Å². The molecule has 1 heterocycles. The first-order valence-corrected chi connectivity index (χ1v) is 9.75. The Morgan fingerprint density at radius 3 is 2.43 bits per heavy atom. The van der Waals surface area contributed by atoms with Gasteiger partial charge in [-0.15, -0.1) is 0 Å². The fourth-order valence-corrected chi connectivity index (χ4v) is 3.99. The van der Waals surface area contributed by atoms with Crippen molar-refractivity contribution in [3.8, 4) is 16.9 Å². The van der Waals surface area contributed by atoms with Gasteiger partial charge in [0.15, 0.2) is 0 Å². The summed E-state index contributed by atoms with van der Waals surface area (Å²) in [5.41, 5.74) is 5.94. The summed E-state index contributed by atoms with van der Waals surface area (Å²) in [7, 11) is 1.69. The number of ether oxygens (including phenoxy) is 1. The second-order valence-corrected chi connectivity index (χ2v) is 8.15. The molecule has 1 aliphatic heterocycles. The molecule has 0 spiro atoms. The van der Waals surface area contributed by atoms with E-state index in [0.29, 0.717) is 0 Å². The Bertz CT molecular complexity index is 978. The van der Waals surface area contributed by atoms with E-state index in [-0.39, 0.29) is 11.2 Å². The third-order valence-corrected chi connectivity index (χ3v) is 5.76. The molecule has 0 saturated heterocycles. The van der Waals surface area contributed by atoms with Gasteiger partial charge in [-0.3, -0.25) is 0 Å². The number of methoxy groups -OCH3 is 1. The second-order valence-electron chi connectivity index (χ2n) is 8.15. The standard InChI is InChI=1S/C25H26FNO/c1-25(2)13-14-27(17-18-7-10-22(28-3)11-8-18)24-12-9-20(16-23(24)25)19-5-4-6-21(26)15-19/h4-12,15-16H,13-14,17H2,1-3H3. The van der Waals surface area contributed by atoms with Crippen molar-refractivity contribution in [1.29, 1.82) is 0 Å². The molecule has 0 N–H and O–H groups in total. The molecule has 0 fully saturated rings. The Hall–Kier alpha value is -2.81. The molecule has 0 amide bonds. The lowest BCUT2D eigenvalue weighted by Gasteiger charge is -2.40. The first kappa shape index (κ1) is 18.5. The molecule has 0 unspecified atom stereocenters. The normalized spacial score (nSPS) is 15.2. The molecule has 0 atom stereocenters. The summed E-state index contributed by atoms with van der Waals surface area (Å²) in [4.78, 5) is 2.44. The molecule has 3 heteroatoms. The lowest BCUT2D eigenvalue weighted by atomic mass is 9.76. The Morgan fingerprint density at radius 2 is 1.71 bits per heavy atom. The van der Waals surface area contributed by atoms with Crippen molar-refractivity contribution in [1.82, 2.24) is 0 Å². The van der Waals surface area contributed by atoms with E-state index in [1.54, 1.807) is 19.2 Å². The van der Waals surface area contributed by atoms with Crippen LogP contribution in [0.2, 0.25) is 0 Å². The van der Waals surface area contributed by atoms with E-state index in [0.717, 1.165) is 36.4 Å². The number of hydrogen-bond acceptors (Lipinski definition) is 2. The van der Waals surface area contributed by atoms with E-state index < -0.39 is 0 Å². The van der Waals surface area contributed by atoms with Crippen molar-refractivity contribution in [2.45, 2.75) is 32.2 Å². The summed E-state index contributed by atoms with van der Waals surface area (Å²) in [6.07, 6.45) is 1.09. The van der Waals surface area contributed by atoms with Gasteiger partial charge < -0.3 is 9.64 Å². The predicted octanol–water partition coefficient (Wildman–Crippen LogP) is 6.19. The van der Waals surface area contributed by atoms with Crippen molar-refractivity contribution in [3.63, 3.8) is 0 Å². The van der Waals surface area contributed by atoms with Gasteiger partial charge in [0, 0.05) is 18.8 Å². The maximum atomic E-state index is 13.7. The molecule has 0 radical (unpaired) electrons. The zero-order valence-electron chi connectivity index (χ0n) is 16.7. The van der Waals surface area contributed by atoms with Crippen LogP contribution < -0.4 is 9.64 Å². The number of fused-ring (bicyclic) bond motifs is 1. The van der Waals surface area contributed by atoms with Crippen LogP contribution in [0.15, 0.2) is 66.7 Å². The fourth-order valence-electron chi connectivity index (χ4n) is 3.99. The Kier molecular flexibility index (Phi) is 4.84. The van der Waals surface area contributed by atoms with Crippen LogP contribution >= 0.6 is 0 Å². The molecule has 0 saturated carbocycles. The average molecular weight is 375 g/mol. The molecule has 0 aliphatic carbocycles. The number of benzene rings is 3. The maximum absolute atomic E-state index is 13.7. The molecule has 3 aromatic rings. The number of halogens is 1. The van der Waals surface area contributed by atoms with Crippen LogP contribution in [0, 0.1) is 5.82 Å². The summed E-state index contributed by atoms with van der Waals surface area (Å²) < 4.78 is 19.0. The van der Waals surface area contributed by atoms with Crippen LogP contribution in [-0.2, 0) is 12.0 Å². The van der Waals surface area contributed by atoms with Crippen LogP contribution in [0.5, 0.6) is 5.75 Å². The molecular formula is C25H26FNO. The highest BCUT2D eigenvalue weighted by atomic mass is 19.1. The van der Waals surface area contributed by atoms with Gasteiger partial charge in [0.1, 0.15) is 11.6 Å². The zero-order valence-corrected chi connectivity index (χ0v) is 16.7. The van der Waals surface area contributed by atoms with E-state index in [1.807, 2.05) is 18.2 Å². The van der Waals surface area contributed by atoms with Crippen LogP contribution in [0.1, 0.15) is 31.4 Å². The SMILES string of the molecule is COc1ccc(CN2CCC(C)(C)c3cc(-c4cccc(F)c4)ccc32)cc1. The van der Waals surface area contributed by atoms with Crippen LogP contribution in [0.4, 0.5) is 10.1 Å². The molecule has 2 nitrogen and oxygen atoms in total. The smallest absolute Gasteiger partial charge is 0.123 e. The average Bonchev–Trinajstić information content (AvgIpc) is 2.70. The fraction of sp³-hybridized carbons (Fsp3) is 0.280. The van der Waals surface area contributed by atoms with E-state index in [2.05, 4.69) is 49.1 Å². The van der Waals surface area contributed by atoms with Crippen LogP contribution in [0.25, 0.3) is 11.1 Å². The van der Waals surface area contributed by atoms with Gasteiger partial charge in [-0.2, -0.15) is 0 Å². The summed E-state index contributed by atoms with van der Waals surface area (Å²) in [5, 5.41) is 0. The third kappa shape index (κ3) is 3.62. The molecule has 0 bridgehead atoms. The van der Waals surface area contributed by atoms with Crippen molar-refractivity contribution < 1.29 is 9.13 Å². The molecule has 28 heavy (non-hydrogen) atoms. The number of hydrogen-bond donors (Lipinski definition) is 0. The topological polar surface area (TPSA) is 12.5 Å². The lowest BCUT2D eigenvalue weighted by molar-refractivity contribution is 0.414. The Balaban J connectivity index is 1.68. The first-order chi connectivity index (χ1) is 13.5. The first-order valence-electron chi connectivity index (χ1n) is 9.75. The van der Waals surface area contributed by atoms with Gasteiger partial charge in [-0.25, -0.2) is 4.39 Å². The van der Waals surface area contributed by atoms with E-state index in [4.69, 9.17) is 4.74 Å². The monoisotopic (exact) mass is 375 g/mol. The third-order valence-electron chi connectivity index (χ3n) is 5.76. The maximum Gasteiger partial charge on any atom is 0.123 e. The van der Waals surface area contributed by atoms with E-state index >= 15 is 0 Å². The number of rotatable bonds is 4. The van der Waals surface area contributed by atoms with Crippen molar-refractivity contribution in [2.24, 2.45) is 0 Å². The number of anilines is 1. The van der Waals surface area contributed by atoms with Crippen LogP contribution in [0.3, 0.4) is 0 Å². The molecular weight excluding hydrogens is 349 g/mol. The highest BCUT2D eigenvalue weighted by Crippen LogP contribution is 2.42. The molecule has 4 rings (SSSR count). The number of nitrogens with zero attached hydrogens (tertiary/aromatic N) is 1. The van der Waals surface area contributed by atoms with Gasteiger partial charge in [0.05, 0.1) is 7.11 Å². The van der Waals surface area contributed by atoms with E-state index in [1.165, 1.54) is 22.9 Å². The van der Waals surface area contributed by atoms with Gasteiger partial charge in [0.25, 0.3) is 0 Å².